The van der Waals surface area contributed by atoms with E-state index in [4.69, 9.17) is 4.74 Å². The zero-order valence-corrected chi connectivity index (χ0v) is 9.87. The number of rotatable bonds is 2. The van der Waals surface area contributed by atoms with Crippen LogP contribution in [-0.4, -0.2) is 35.5 Å². The smallest absolute Gasteiger partial charge is 0.410 e. The van der Waals surface area contributed by atoms with Crippen molar-refractivity contribution in [2.45, 2.75) is 39.7 Å². The van der Waals surface area contributed by atoms with Gasteiger partial charge in [-0.2, -0.15) is 0 Å². The molecule has 0 spiro atoms. The van der Waals surface area contributed by atoms with Crippen LogP contribution >= 0.6 is 0 Å². The molecule has 1 saturated heterocycles. The summed E-state index contributed by atoms with van der Waals surface area (Å²) < 4.78 is 5.18. The zero-order valence-electron chi connectivity index (χ0n) is 9.87. The van der Waals surface area contributed by atoms with E-state index in [0.29, 0.717) is 19.5 Å². The molecule has 0 unspecified atom stereocenters. The van der Waals surface area contributed by atoms with Gasteiger partial charge in [-0.1, -0.05) is 6.92 Å². The molecule has 1 aliphatic heterocycles. The molecule has 0 aromatic carbocycles. The van der Waals surface area contributed by atoms with Gasteiger partial charge in [-0.15, -0.1) is 0 Å². The van der Waals surface area contributed by atoms with E-state index in [1.54, 1.807) is 4.90 Å². The molecule has 86 valence electrons. The average Bonchev–Trinajstić information content (AvgIpc) is 1.97. The Labute approximate surface area is 90.6 Å². The van der Waals surface area contributed by atoms with Crippen molar-refractivity contribution in [3.05, 3.63) is 0 Å². The van der Waals surface area contributed by atoms with Gasteiger partial charge in [-0.05, 0) is 20.8 Å². The average molecular weight is 213 g/mol. The first-order valence-electron chi connectivity index (χ1n) is 5.34. The first-order valence-corrected chi connectivity index (χ1v) is 5.34. The molecule has 0 aromatic heterocycles. The summed E-state index contributed by atoms with van der Waals surface area (Å²) >= 11 is 0. The maximum Gasteiger partial charge on any atom is 0.410 e. The lowest BCUT2D eigenvalue weighted by atomic mass is 9.94. The highest BCUT2D eigenvalue weighted by Crippen LogP contribution is 2.20. The van der Waals surface area contributed by atoms with Crippen LogP contribution in [0.3, 0.4) is 0 Å². The summed E-state index contributed by atoms with van der Waals surface area (Å²) in [6.07, 6.45) is 0.231. The molecule has 15 heavy (non-hydrogen) atoms. The molecule has 4 nitrogen and oxygen atoms in total. The van der Waals surface area contributed by atoms with Crippen molar-refractivity contribution in [2.75, 3.05) is 13.1 Å². The Kier molecular flexibility index (Phi) is 3.37. The fourth-order valence-corrected chi connectivity index (χ4v) is 1.45. The molecule has 0 N–H and O–H groups in total. The van der Waals surface area contributed by atoms with Gasteiger partial charge in [0.1, 0.15) is 11.4 Å². The molecule has 0 aliphatic carbocycles. The van der Waals surface area contributed by atoms with Gasteiger partial charge in [0.2, 0.25) is 0 Å². The van der Waals surface area contributed by atoms with E-state index < -0.39 is 5.60 Å². The molecule has 0 bridgehead atoms. The molecular formula is C11H19NO3. The van der Waals surface area contributed by atoms with E-state index in [1.807, 2.05) is 27.7 Å². The quantitative estimate of drug-likeness (QED) is 0.703. The highest BCUT2D eigenvalue weighted by Gasteiger charge is 2.36. The number of amides is 1. The second-order valence-corrected chi connectivity index (χ2v) is 4.90. The highest BCUT2D eigenvalue weighted by atomic mass is 16.6. The van der Waals surface area contributed by atoms with E-state index in [1.165, 1.54) is 0 Å². The summed E-state index contributed by atoms with van der Waals surface area (Å²) in [5.41, 5.74) is -0.461. The maximum atomic E-state index is 11.5. The Morgan fingerprint density at radius 3 is 2.27 bits per heavy atom. The number of Topliss-reactive ketones (excluding diaryl/α,β-unsaturated/α-hetero) is 1. The van der Waals surface area contributed by atoms with E-state index in [-0.39, 0.29) is 17.8 Å². The van der Waals surface area contributed by atoms with E-state index in [9.17, 15) is 9.59 Å². The lowest BCUT2D eigenvalue weighted by Gasteiger charge is -2.38. The maximum absolute atomic E-state index is 11.5. The topological polar surface area (TPSA) is 46.6 Å². The molecule has 1 rings (SSSR count). The predicted octanol–water partition coefficient (Wildman–Crippen LogP) is 1.83. The van der Waals surface area contributed by atoms with Gasteiger partial charge in [0.25, 0.3) is 0 Å². The fraction of sp³-hybridized carbons (Fsp3) is 0.818. The number of hydrogen-bond donors (Lipinski definition) is 0. The van der Waals surface area contributed by atoms with Crippen LogP contribution in [0.15, 0.2) is 0 Å². The number of carbonyl (C=O) groups excluding carboxylic acids is 2. The van der Waals surface area contributed by atoms with Crippen LogP contribution in [0.4, 0.5) is 4.79 Å². The minimum atomic E-state index is -0.461. The molecule has 1 heterocycles. The summed E-state index contributed by atoms with van der Waals surface area (Å²) in [6, 6.07) is 0. The normalized spacial score (nSPS) is 17.2. The summed E-state index contributed by atoms with van der Waals surface area (Å²) in [5.74, 6) is 0.261. The third kappa shape index (κ3) is 3.22. The molecule has 4 heteroatoms. The van der Waals surface area contributed by atoms with Crippen LogP contribution in [-0.2, 0) is 9.53 Å². The van der Waals surface area contributed by atoms with Crippen LogP contribution in [0.2, 0.25) is 0 Å². The summed E-state index contributed by atoms with van der Waals surface area (Å²) in [7, 11) is 0. The van der Waals surface area contributed by atoms with E-state index >= 15 is 0 Å². The van der Waals surface area contributed by atoms with Crippen molar-refractivity contribution >= 4 is 11.9 Å². The lowest BCUT2D eigenvalue weighted by Crippen LogP contribution is -2.54. The summed E-state index contributed by atoms with van der Waals surface area (Å²) in [5, 5.41) is 0. The van der Waals surface area contributed by atoms with E-state index in [2.05, 4.69) is 0 Å². The molecule has 0 aromatic rings. The highest BCUT2D eigenvalue weighted by molar-refractivity contribution is 5.84. The van der Waals surface area contributed by atoms with Gasteiger partial charge < -0.3 is 9.64 Å². The van der Waals surface area contributed by atoms with Crippen LogP contribution < -0.4 is 0 Å². The van der Waals surface area contributed by atoms with Gasteiger partial charge in [-0.3, -0.25) is 4.79 Å². The van der Waals surface area contributed by atoms with Crippen molar-refractivity contribution in [1.82, 2.24) is 4.90 Å². The largest absolute Gasteiger partial charge is 0.444 e. The minimum Gasteiger partial charge on any atom is -0.444 e. The van der Waals surface area contributed by atoms with Crippen molar-refractivity contribution in [1.29, 1.82) is 0 Å². The van der Waals surface area contributed by atoms with E-state index in [0.717, 1.165) is 0 Å². The first-order chi connectivity index (χ1) is 6.83. The Bertz CT molecular complexity index is 261. The third-order valence-electron chi connectivity index (χ3n) is 2.34. The molecule has 1 aliphatic rings. The van der Waals surface area contributed by atoms with Crippen LogP contribution in [0.1, 0.15) is 34.1 Å². The molecule has 1 fully saturated rings. The number of nitrogens with zero attached hydrogens (tertiary/aromatic N) is 1. The number of carbonyl (C=O) groups is 2. The van der Waals surface area contributed by atoms with Gasteiger partial charge >= 0.3 is 6.09 Å². The minimum absolute atomic E-state index is 0.0301. The number of hydrogen-bond acceptors (Lipinski definition) is 3. The Morgan fingerprint density at radius 1 is 1.33 bits per heavy atom. The molecule has 0 radical (unpaired) electrons. The molecule has 1 amide bonds. The Morgan fingerprint density at radius 2 is 1.87 bits per heavy atom. The second kappa shape index (κ2) is 4.21. The van der Waals surface area contributed by atoms with Crippen LogP contribution in [0.5, 0.6) is 0 Å². The number of ketones is 1. The molecule has 0 atom stereocenters. The third-order valence-corrected chi connectivity index (χ3v) is 2.34. The summed E-state index contributed by atoms with van der Waals surface area (Å²) in [4.78, 5) is 24.3. The SMILES string of the molecule is CCC(=O)C1CN(C(=O)OC(C)(C)C)C1. The lowest BCUT2D eigenvalue weighted by molar-refractivity contribution is -0.127. The summed E-state index contributed by atoms with van der Waals surface area (Å²) in [6.45, 7) is 8.37. The van der Waals surface area contributed by atoms with Crippen molar-refractivity contribution in [3.8, 4) is 0 Å². The van der Waals surface area contributed by atoms with Crippen molar-refractivity contribution in [2.24, 2.45) is 5.92 Å². The zero-order chi connectivity index (χ0) is 11.6. The van der Waals surface area contributed by atoms with Crippen molar-refractivity contribution < 1.29 is 14.3 Å². The Hall–Kier alpha value is -1.06. The molecular weight excluding hydrogens is 194 g/mol. The predicted molar refractivity (Wildman–Crippen MR) is 56.6 cm³/mol. The van der Waals surface area contributed by atoms with Gasteiger partial charge in [0, 0.05) is 19.5 Å². The first kappa shape index (κ1) is 12.0. The van der Waals surface area contributed by atoms with Gasteiger partial charge in [0.15, 0.2) is 0 Å². The standard InChI is InChI=1S/C11H19NO3/c1-5-9(13)8-6-12(7-8)10(14)15-11(2,3)4/h8H,5-7H2,1-4H3. The number of ether oxygens (including phenoxy) is 1. The molecule has 0 saturated carbocycles. The van der Waals surface area contributed by atoms with Crippen LogP contribution in [0.25, 0.3) is 0 Å². The van der Waals surface area contributed by atoms with Gasteiger partial charge in [0.05, 0.1) is 5.92 Å². The fourth-order valence-electron chi connectivity index (χ4n) is 1.45. The number of likely N-dealkylation sites (tertiary alicyclic amines) is 1. The second-order valence-electron chi connectivity index (χ2n) is 4.90. The van der Waals surface area contributed by atoms with Crippen molar-refractivity contribution in [3.63, 3.8) is 0 Å². The van der Waals surface area contributed by atoms with Gasteiger partial charge in [-0.25, -0.2) is 4.79 Å². The monoisotopic (exact) mass is 213 g/mol. The Balaban J connectivity index is 2.33. The van der Waals surface area contributed by atoms with Crippen LogP contribution in [0, 0.1) is 5.92 Å².